The van der Waals surface area contributed by atoms with Crippen molar-refractivity contribution in [3.8, 4) is 11.5 Å². The highest BCUT2D eigenvalue weighted by atomic mass is 19.1. The van der Waals surface area contributed by atoms with Gasteiger partial charge in [0.1, 0.15) is 12.4 Å². The Hall–Kier alpha value is -3.63. The number of aromatic hydroxyl groups is 1. The Balaban J connectivity index is 1.45. The van der Waals surface area contributed by atoms with E-state index < -0.39 is 5.82 Å². The van der Waals surface area contributed by atoms with Gasteiger partial charge in [0.25, 0.3) is 0 Å². The van der Waals surface area contributed by atoms with E-state index in [0.717, 1.165) is 40.9 Å². The molecule has 0 aromatic heterocycles. The smallest absolute Gasteiger partial charge is 0.165 e. The number of rotatable bonds is 9. The van der Waals surface area contributed by atoms with Crippen LogP contribution in [0.5, 0.6) is 11.5 Å². The van der Waals surface area contributed by atoms with Crippen molar-refractivity contribution in [2.45, 2.75) is 18.9 Å². The van der Waals surface area contributed by atoms with Gasteiger partial charge in [-0.3, -0.25) is 0 Å². The Morgan fingerprint density at radius 3 is 2.52 bits per heavy atom. The van der Waals surface area contributed by atoms with Gasteiger partial charge in [-0.2, -0.15) is 0 Å². The van der Waals surface area contributed by atoms with Crippen LogP contribution in [0.1, 0.15) is 24.0 Å². The molecule has 3 nitrogen and oxygen atoms in total. The van der Waals surface area contributed by atoms with Crippen molar-refractivity contribution in [2.24, 2.45) is 0 Å². The second kappa shape index (κ2) is 10.8. The lowest BCUT2D eigenvalue weighted by Crippen LogP contribution is -2.14. The van der Waals surface area contributed by atoms with E-state index in [1.54, 1.807) is 6.07 Å². The van der Waals surface area contributed by atoms with Crippen LogP contribution in [0.3, 0.4) is 0 Å². The molecule has 0 fully saturated rings. The summed E-state index contributed by atoms with van der Waals surface area (Å²) in [7, 11) is 0. The summed E-state index contributed by atoms with van der Waals surface area (Å²) in [5, 5.41) is 9.50. The van der Waals surface area contributed by atoms with Crippen molar-refractivity contribution in [3.63, 3.8) is 0 Å². The van der Waals surface area contributed by atoms with Gasteiger partial charge in [0.2, 0.25) is 0 Å². The van der Waals surface area contributed by atoms with Gasteiger partial charge in [-0.15, -0.1) is 0 Å². The van der Waals surface area contributed by atoms with Crippen molar-refractivity contribution in [3.05, 3.63) is 120 Å². The highest BCUT2D eigenvalue weighted by Gasteiger charge is 2.23. The van der Waals surface area contributed by atoms with Crippen molar-refractivity contribution >= 4 is 11.6 Å². The van der Waals surface area contributed by atoms with Crippen molar-refractivity contribution in [2.75, 3.05) is 13.2 Å². The third kappa shape index (κ3) is 5.99. The summed E-state index contributed by atoms with van der Waals surface area (Å²) in [6.07, 6.45) is 5.46. The van der Waals surface area contributed by atoms with E-state index in [2.05, 4.69) is 12.7 Å². The molecule has 1 aliphatic heterocycles. The molecule has 0 bridgehead atoms. The lowest BCUT2D eigenvalue weighted by atomic mass is 9.93. The Morgan fingerprint density at radius 1 is 1.06 bits per heavy atom. The standard InChI is InChI=1S/C29H27FO3/c1-21(20-33-25-10-6-3-7-11-25)26-16-17-32-29(26)15-13-24(23-8-4-2-5-9-23)18-22-12-14-28(31)27(30)19-22/h2-12,14,16,18-19,29,31H,1,13,15,17,20H2/b24-18-. The summed E-state index contributed by atoms with van der Waals surface area (Å²) < 4.78 is 25.7. The number of hydrogen-bond acceptors (Lipinski definition) is 3. The van der Waals surface area contributed by atoms with Crippen LogP contribution in [0.25, 0.3) is 11.6 Å². The number of para-hydroxylation sites is 1. The van der Waals surface area contributed by atoms with Crippen LogP contribution in [0.15, 0.2) is 103 Å². The van der Waals surface area contributed by atoms with Crippen LogP contribution in [0, 0.1) is 5.82 Å². The number of phenolic OH excluding ortho intramolecular Hbond substituents is 1. The largest absolute Gasteiger partial charge is 0.505 e. The molecule has 0 radical (unpaired) electrons. The van der Waals surface area contributed by atoms with Crippen molar-refractivity contribution in [1.29, 1.82) is 0 Å². The highest BCUT2D eigenvalue weighted by molar-refractivity contribution is 5.81. The molecular formula is C29H27FO3. The van der Waals surface area contributed by atoms with Gasteiger partial charge >= 0.3 is 0 Å². The van der Waals surface area contributed by atoms with Gasteiger partial charge < -0.3 is 14.6 Å². The lowest BCUT2D eigenvalue weighted by Gasteiger charge is -2.18. The fraction of sp³-hybridized carbons (Fsp3) is 0.172. The minimum atomic E-state index is -0.629. The zero-order valence-corrected chi connectivity index (χ0v) is 18.4. The maximum atomic E-state index is 13.9. The Morgan fingerprint density at radius 2 is 1.79 bits per heavy atom. The Kier molecular flexibility index (Phi) is 7.38. The van der Waals surface area contributed by atoms with E-state index >= 15 is 0 Å². The Bertz CT molecular complexity index is 1150. The summed E-state index contributed by atoms with van der Waals surface area (Å²) in [6.45, 7) is 5.18. The normalized spacial score (nSPS) is 15.8. The molecule has 0 aliphatic carbocycles. The molecule has 3 aromatic carbocycles. The van der Waals surface area contributed by atoms with Crippen LogP contribution >= 0.6 is 0 Å². The summed E-state index contributed by atoms with van der Waals surface area (Å²) in [5.41, 5.74) is 4.83. The summed E-state index contributed by atoms with van der Waals surface area (Å²) in [6, 6.07) is 24.1. The van der Waals surface area contributed by atoms with Crippen LogP contribution in [0.4, 0.5) is 4.39 Å². The zero-order valence-electron chi connectivity index (χ0n) is 18.4. The number of halogens is 1. The fourth-order valence-electron chi connectivity index (χ4n) is 3.91. The predicted octanol–water partition coefficient (Wildman–Crippen LogP) is 6.81. The van der Waals surface area contributed by atoms with E-state index in [1.165, 1.54) is 12.1 Å². The van der Waals surface area contributed by atoms with E-state index in [4.69, 9.17) is 9.47 Å². The SMILES string of the molecule is C=C(COc1ccccc1)C1=CCOC1CC/C(=C/c1ccc(O)c(F)c1)c1ccccc1. The van der Waals surface area contributed by atoms with E-state index in [9.17, 15) is 9.50 Å². The molecule has 0 saturated carbocycles. The highest BCUT2D eigenvalue weighted by Crippen LogP contribution is 2.31. The first kappa shape index (κ1) is 22.6. The monoisotopic (exact) mass is 442 g/mol. The number of allylic oxidation sites excluding steroid dienone is 1. The van der Waals surface area contributed by atoms with Crippen LogP contribution in [0.2, 0.25) is 0 Å². The molecule has 0 saturated heterocycles. The predicted molar refractivity (Wildman–Crippen MR) is 131 cm³/mol. The molecule has 1 atom stereocenters. The molecule has 33 heavy (non-hydrogen) atoms. The van der Waals surface area contributed by atoms with Gasteiger partial charge in [-0.1, -0.05) is 73.3 Å². The first-order valence-electron chi connectivity index (χ1n) is 11.0. The molecule has 0 spiro atoms. The van der Waals surface area contributed by atoms with Crippen LogP contribution in [-0.2, 0) is 4.74 Å². The Labute approximate surface area is 194 Å². The van der Waals surface area contributed by atoms with Gasteiger partial charge in [-0.05, 0) is 65.0 Å². The van der Waals surface area contributed by atoms with Crippen molar-refractivity contribution in [1.82, 2.24) is 0 Å². The van der Waals surface area contributed by atoms with E-state index in [1.807, 2.05) is 66.7 Å². The molecule has 1 unspecified atom stereocenters. The van der Waals surface area contributed by atoms with Crippen LogP contribution < -0.4 is 4.74 Å². The molecular weight excluding hydrogens is 415 g/mol. The fourth-order valence-corrected chi connectivity index (χ4v) is 3.91. The average Bonchev–Trinajstić information content (AvgIpc) is 3.32. The minimum absolute atomic E-state index is 0.0689. The van der Waals surface area contributed by atoms with Gasteiger partial charge in [0.15, 0.2) is 11.6 Å². The molecule has 1 heterocycles. The quantitative estimate of drug-likeness (QED) is 0.370. The number of phenols is 1. The number of hydrogen-bond donors (Lipinski definition) is 1. The first-order chi connectivity index (χ1) is 16.1. The molecule has 0 amide bonds. The maximum Gasteiger partial charge on any atom is 0.165 e. The average molecular weight is 443 g/mol. The topological polar surface area (TPSA) is 38.7 Å². The lowest BCUT2D eigenvalue weighted by molar-refractivity contribution is 0.117. The third-order valence-corrected chi connectivity index (χ3v) is 5.65. The van der Waals surface area contributed by atoms with E-state index in [0.29, 0.717) is 18.8 Å². The van der Waals surface area contributed by atoms with Gasteiger partial charge in [0.05, 0.1) is 12.7 Å². The third-order valence-electron chi connectivity index (χ3n) is 5.65. The summed E-state index contributed by atoms with van der Waals surface area (Å²) in [4.78, 5) is 0. The summed E-state index contributed by atoms with van der Waals surface area (Å²) in [5.74, 6) is -0.167. The van der Waals surface area contributed by atoms with Gasteiger partial charge in [0, 0.05) is 0 Å². The molecule has 1 N–H and O–H groups in total. The molecule has 3 aromatic rings. The number of benzene rings is 3. The minimum Gasteiger partial charge on any atom is -0.505 e. The zero-order chi connectivity index (χ0) is 23.0. The maximum absolute atomic E-state index is 13.9. The number of ether oxygens (including phenoxy) is 2. The van der Waals surface area contributed by atoms with E-state index in [-0.39, 0.29) is 11.9 Å². The second-order valence-electron chi connectivity index (χ2n) is 7.97. The second-order valence-corrected chi connectivity index (χ2v) is 7.97. The molecule has 1 aliphatic rings. The van der Waals surface area contributed by atoms with Crippen molar-refractivity contribution < 1.29 is 19.0 Å². The molecule has 168 valence electrons. The summed E-state index contributed by atoms with van der Waals surface area (Å²) >= 11 is 0. The molecule has 4 rings (SSSR count). The first-order valence-corrected chi connectivity index (χ1v) is 11.0. The van der Waals surface area contributed by atoms with Gasteiger partial charge in [-0.25, -0.2) is 4.39 Å². The van der Waals surface area contributed by atoms with Crippen LogP contribution in [-0.4, -0.2) is 24.4 Å². The molecule has 4 heteroatoms.